The van der Waals surface area contributed by atoms with Gasteiger partial charge in [-0.2, -0.15) is 5.10 Å². The van der Waals surface area contributed by atoms with E-state index in [0.717, 1.165) is 11.3 Å². The molecule has 0 aliphatic carbocycles. The molecule has 0 saturated carbocycles. The van der Waals surface area contributed by atoms with E-state index in [0.29, 0.717) is 6.61 Å². The van der Waals surface area contributed by atoms with Gasteiger partial charge < -0.3 is 4.84 Å². The maximum Gasteiger partial charge on any atom is 0.114 e. The minimum Gasteiger partial charge on any atom is -0.396 e. The molecule has 0 aliphatic heterocycles. The summed E-state index contributed by atoms with van der Waals surface area (Å²) in [5, 5.41) is 10.3. The lowest BCUT2D eigenvalue weighted by Gasteiger charge is -1.89. The lowest BCUT2D eigenvalue weighted by Crippen LogP contribution is -1.84. The Morgan fingerprint density at radius 3 is 3.18 bits per heavy atom. The molecule has 1 heterocycles. The highest BCUT2D eigenvalue weighted by Gasteiger charge is 1.94. The monoisotopic (exact) mass is 153 g/mol. The van der Waals surface area contributed by atoms with E-state index in [1.807, 2.05) is 13.8 Å². The van der Waals surface area contributed by atoms with Crippen molar-refractivity contribution in [3.8, 4) is 0 Å². The number of hydrogen-bond acceptors (Lipinski definition) is 3. The average Bonchev–Trinajstić information content (AvgIpc) is 2.37. The first-order chi connectivity index (χ1) is 5.34. The Hall–Kier alpha value is -1.32. The highest BCUT2D eigenvalue weighted by atomic mass is 16.6. The van der Waals surface area contributed by atoms with Crippen molar-refractivity contribution in [1.82, 2.24) is 10.2 Å². The van der Waals surface area contributed by atoms with Crippen LogP contribution in [0.1, 0.15) is 18.2 Å². The smallest absolute Gasteiger partial charge is 0.114 e. The highest BCUT2D eigenvalue weighted by Crippen LogP contribution is 1.97. The third-order valence-corrected chi connectivity index (χ3v) is 1.26. The molecule has 0 fully saturated rings. The second kappa shape index (κ2) is 3.75. The molecule has 0 amide bonds. The van der Waals surface area contributed by atoms with Crippen molar-refractivity contribution in [2.45, 2.75) is 13.8 Å². The number of hydrogen-bond donors (Lipinski definition) is 1. The molecular weight excluding hydrogens is 142 g/mol. The van der Waals surface area contributed by atoms with Crippen LogP contribution in [0.25, 0.3) is 0 Å². The third kappa shape index (κ3) is 2.07. The van der Waals surface area contributed by atoms with Crippen molar-refractivity contribution in [3.63, 3.8) is 0 Å². The first-order valence-electron chi connectivity index (χ1n) is 3.50. The zero-order valence-corrected chi connectivity index (χ0v) is 6.66. The zero-order valence-electron chi connectivity index (χ0n) is 6.66. The predicted molar refractivity (Wildman–Crippen MR) is 42.5 cm³/mol. The molecule has 4 heteroatoms. The van der Waals surface area contributed by atoms with Gasteiger partial charge in [-0.25, -0.2) is 0 Å². The number of H-pyrrole nitrogens is 1. The van der Waals surface area contributed by atoms with Gasteiger partial charge in [-0.15, -0.1) is 0 Å². The predicted octanol–water partition coefficient (Wildman–Crippen LogP) is 1.09. The highest BCUT2D eigenvalue weighted by molar-refractivity contribution is 5.79. The van der Waals surface area contributed by atoms with Crippen molar-refractivity contribution < 1.29 is 4.84 Å². The summed E-state index contributed by atoms with van der Waals surface area (Å²) < 4.78 is 0. The van der Waals surface area contributed by atoms with Crippen LogP contribution < -0.4 is 0 Å². The molecule has 1 N–H and O–H groups in total. The SMILES string of the molecule is CCO/N=C/c1cn[nH]c1C. The Kier molecular flexibility index (Phi) is 2.66. The Morgan fingerprint density at radius 1 is 1.82 bits per heavy atom. The fourth-order valence-corrected chi connectivity index (χ4v) is 0.659. The molecule has 0 aliphatic rings. The summed E-state index contributed by atoms with van der Waals surface area (Å²) in [5.74, 6) is 0. The van der Waals surface area contributed by atoms with E-state index in [4.69, 9.17) is 4.84 Å². The molecule has 11 heavy (non-hydrogen) atoms. The number of aryl methyl sites for hydroxylation is 1. The lowest BCUT2D eigenvalue weighted by atomic mass is 10.3. The van der Waals surface area contributed by atoms with Gasteiger partial charge in [0.25, 0.3) is 0 Å². The Bertz CT molecular complexity index is 242. The van der Waals surface area contributed by atoms with Gasteiger partial charge in [-0.3, -0.25) is 5.10 Å². The Labute approximate surface area is 65.3 Å². The van der Waals surface area contributed by atoms with Crippen LogP contribution in [0.5, 0.6) is 0 Å². The van der Waals surface area contributed by atoms with E-state index in [-0.39, 0.29) is 0 Å². The first kappa shape index (κ1) is 7.78. The van der Waals surface area contributed by atoms with E-state index in [9.17, 15) is 0 Å². The average molecular weight is 153 g/mol. The standard InChI is InChI=1S/C7H11N3O/c1-3-11-9-5-7-4-8-10-6(7)2/h4-5H,3H2,1-2H3,(H,8,10)/b9-5+. The minimum atomic E-state index is 0.591. The maximum absolute atomic E-state index is 4.79. The second-order valence-electron chi connectivity index (χ2n) is 2.10. The largest absolute Gasteiger partial charge is 0.396 e. The summed E-state index contributed by atoms with van der Waals surface area (Å²) in [6.45, 7) is 4.41. The van der Waals surface area contributed by atoms with Crippen molar-refractivity contribution in [2.24, 2.45) is 5.16 Å². The molecule has 0 bridgehead atoms. The molecule has 0 spiro atoms. The topological polar surface area (TPSA) is 50.3 Å². The number of rotatable bonds is 3. The van der Waals surface area contributed by atoms with Gasteiger partial charge in [0.2, 0.25) is 0 Å². The Balaban J connectivity index is 2.56. The molecule has 1 aromatic heterocycles. The van der Waals surface area contributed by atoms with Crippen molar-refractivity contribution in [2.75, 3.05) is 6.61 Å². The summed E-state index contributed by atoms with van der Waals surface area (Å²) >= 11 is 0. The van der Waals surface area contributed by atoms with E-state index >= 15 is 0 Å². The van der Waals surface area contributed by atoms with Gasteiger partial charge in [0.1, 0.15) is 6.61 Å². The van der Waals surface area contributed by atoms with Crippen LogP contribution in [0.3, 0.4) is 0 Å². The van der Waals surface area contributed by atoms with Crippen LogP contribution in [0, 0.1) is 6.92 Å². The van der Waals surface area contributed by atoms with Gasteiger partial charge in [0, 0.05) is 11.3 Å². The molecule has 4 nitrogen and oxygen atoms in total. The van der Waals surface area contributed by atoms with Gasteiger partial charge in [0.05, 0.1) is 12.4 Å². The van der Waals surface area contributed by atoms with E-state index in [1.165, 1.54) is 0 Å². The Morgan fingerprint density at radius 2 is 2.64 bits per heavy atom. The molecular formula is C7H11N3O. The fraction of sp³-hybridized carbons (Fsp3) is 0.429. The lowest BCUT2D eigenvalue weighted by molar-refractivity contribution is 0.160. The van der Waals surface area contributed by atoms with E-state index < -0.39 is 0 Å². The zero-order chi connectivity index (χ0) is 8.10. The quantitative estimate of drug-likeness (QED) is 0.522. The molecule has 0 radical (unpaired) electrons. The van der Waals surface area contributed by atoms with E-state index in [1.54, 1.807) is 12.4 Å². The third-order valence-electron chi connectivity index (χ3n) is 1.26. The fourth-order valence-electron chi connectivity index (χ4n) is 0.659. The maximum atomic E-state index is 4.79. The molecule has 1 rings (SSSR count). The number of aromatic nitrogens is 2. The number of oxime groups is 1. The van der Waals surface area contributed by atoms with Crippen LogP contribution in [0.2, 0.25) is 0 Å². The molecule has 1 aromatic rings. The summed E-state index contributed by atoms with van der Waals surface area (Å²) in [5.41, 5.74) is 1.95. The van der Waals surface area contributed by atoms with Crippen molar-refractivity contribution in [1.29, 1.82) is 0 Å². The van der Waals surface area contributed by atoms with Crippen LogP contribution >= 0.6 is 0 Å². The van der Waals surface area contributed by atoms with Gasteiger partial charge in [0.15, 0.2) is 0 Å². The molecule has 0 aromatic carbocycles. The van der Waals surface area contributed by atoms with Gasteiger partial charge in [-0.1, -0.05) is 5.16 Å². The van der Waals surface area contributed by atoms with Crippen LogP contribution in [0.4, 0.5) is 0 Å². The summed E-state index contributed by atoms with van der Waals surface area (Å²) in [6, 6.07) is 0. The van der Waals surface area contributed by atoms with Gasteiger partial charge >= 0.3 is 0 Å². The summed E-state index contributed by atoms with van der Waals surface area (Å²) in [7, 11) is 0. The second-order valence-corrected chi connectivity index (χ2v) is 2.10. The van der Waals surface area contributed by atoms with Crippen LogP contribution in [-0.2, 0) is 4.84 Å². The minimum absolute atomic E-state index is 0.591. The molecule has 0 saturated heterocycles. The number of aromatic amines is 1. The number of nitrogens with zero attached hydrogens (tertiary/aromatic N) is 2. The first-order valence-corrected chi connectivity index (χ1v) is 3.50. The van der Waals surface area contributed by atoms with Crippen molar-refractivity contribution >= 4 is 6.21 Å². The number of nitrogens with one attached hydrogen (secondary N) is 1. The van der Waals surface area contributed by atoms with Crippen LogP contribution in [0.15, 0.2) is 11.4 Å². The summed E-state index contributed by atoms with van der Waals surface area (Å²) in [6.07, 6.45) is 3.35. The normalized spacial score (nSPS) is 10.7. The molecule has 0 unspecified atom stereocenters. The molecule has 0 atom stereocenters. The molecule has 60 valence electrons. The van der Waals surface area contributed by atoms with Crippen LogP contribution in [-0.4, -0.2) is 23.0 Å². The van der Waals surface area contributed by atoms with Crippen molar-refractivity contribution in [3.05, 3.63) is 17.5 Å². The van der Waals surface area contributed by atoms with Gasteiger partial charge in [-0.05, 0) is 13.8 Å². The van der Waals surface area contributed by atoms with E-state index in [2.05, 4.69) is 15.4 Å². The summed E-state index contributed by atoms with van der Waals surface area (Å²) in [4.78, 5) is 4.79.